The molecule has 1 saturated heterocycles. The Morgan fingerprint density at radius 2 is 2.13 bits per heavy atom. The van der Waals surface area contributed by atoms with E-state index in [1.807, 2.05) is 17.0 Å². The SMILES string of the molecule is C=CC(=O)N1C[C@H]2C[C@@]2(c2ccc3ncnc(Nc4ccc(Cl)c(Cl)c4F)c3c2)C1. The molecule has 0 radical (unpaired) electrons. The van der Waals surface area contributed by atoms with Gasteiger partial charge in [0, 0.05) is 23.9 Å². The largest absolute Gasteiger partial charge is 0.338 e. The number of likely N-dealkylation sites (tertiary alicyclic amines) is 1. The average molecular weight is 443 g/mol. The van der Waals surface area contributed by atoms with Crippen LogP contribution in [0.25, 0.3) is 10.9 Å². The van der Waals surface area contributed by atoms with Crippen LogP contribution in [0.4, 0.5) is 15.9 Å². The van der Waals surface area contributed by atoms with Crippen molar-refractivity contribution in [3.05, 3.63) is 70.7 Å². The minimum Gasteiger partial charge on any atom is -0.338 e. The van der Waals surface area contributed by atoms with Crippen LogP contribution in [0.3, 0.4) is 0 Å². The fourth-order valence-electron chi connectivity index (χ4n) is 4.44. The van der Waals surface area contributed by atoms with Crippen LogP contribution in [0.2, 0.25) is 10.0 Å². The maximum Gasteiger partial charge on any atom is 0.245 e. The maximum absolute atomic E-state index is 14.5. The number of aromatic nitrogens is 2. The van der Waals surface area contributed by atoms with Crippen LogP contribution < -0.4 is 5.32 Å². The number of amides is 1. The molecule has 152 valence electrons. The first-order chi connectivity index (χ1) is 14.4. The van der Waals surface area contributed by atoms with Crippen LogP contribution in [-0.4, -0.2) is 33.9 Å². The highest BCUT2D eigenvalue weighted by atomic mass is 35.5. The maximum atomic E-state index is 14.5. The Labute approximate surface area is 182 Å². The smallest absolute Gasteiger partial charge is 0.245 e. The van der Waals surface area contributed by atoms with Crippen molar-refractivity contribution in [3.63, 3.8) is 0 Å². The van der Waals surface area contributed by atoms with E-state index in [-0.39, 0.29) is 27.1 Å². The summed E-state index contributed by atoms with van der Waals surface area (Å²) in [4.78, 5) is 22.5. The van der Waals surface area contributed by atoms with E-state index in [1.54, 1.807) is 0 Å². The lowest BCUT2D eigenvalue weighted by molar-refractivity contribution is -0.125. The van der Waals surface area contributed by atoms with Crippen LogP contribution in [0, 0.1) is 11.7 Å². The Morgan fingerprint density at radius 3 is 2.93 bits per heavy atom. The van der Waals surface area contributed by atoms with Gasteiger partial charge in [0.2, 0.25) is 5.91 Å². The van der Waals surface area contributed by atoms with Crippen molar-refractivity contribution in [2.24, 2.45) is 5.92 Å². The van der Waals surface area contributed by atoms with Gasteiger partial charge >= 0.3 is 0 Å². The predicted octanol–water partition coefficient (Wildman–Crippen LogP) is 5.11. The minimum atomic E-state index is -0.637. The highest BCUT2D eigenvalue weighted by Crippen LogP contribution is 2.59. The third-order valence-corrected chi connectivity index (χ3v) is 6.91. The van der Waals surface area contributed by atoms with E-state index in [2.05, 4.69) is 27.9 Å². The zero-order chi connectivity index (χ0) is 21.0. The molecule has 5 nitrogen and oxygen atoms in total. The molecule has 2 heterocycles. The number of rotatable bonds is 4. The number of anilines is 2. The van der Waals surface area contributed by atoms with Crippen molar-refractivity contribution in [2.75, 3.05) is 18.4 Å². The topological polar surface area (TPSA) is 58.1 Å². The Bertz CT molecular complexity index is 1220. The van der Waals surface area contributed by atoms with Gasteiger partial charge in [-0.05, 0) is 48.2 Å². The molecule has 0 bridgehead atoms. The molecule has 1 amide bonds. The minimum absolute atomic E-state index is 0.0388. The van der Waals surface area contributed by atoms with Crippen molar-refractivity contribution in [1.82, 2.24) is 14.9 Å². The lowest BCUT2D eigenvalue weighted by Crippen LogP contribution is -2.31. The lowest BCUT2D eigenvalue weighted by atomic mass is 9.93. The van der Waals surface area contributed by atoms with E-state index in [9.17, 15) is 9.18 Å². The van der Waals surface area contributed by atoms with Crippen molar-refractivity contribution in [2.45, 2.75) is 11.8 Å². The normalized spacial score (nSPS) is 22.1. The summed E-state index contributed by atoms with van der Waals surface area (Å²) in [5, 5.41) is 3.79. The molecule has 8 heteroatoms. The summed E-state index contributed by atoms with van der Waals surface area (Å²) in [5.74, 6) is 0.239. The van der Waals surface area contributed by atoms with Gasteiger partial charge < -0.3 is 10.2 Å². The summed E-state index contributed by atoms with van der Waals surface area (Å²) < 4.78 is 14.5. The summed E-state index contributed by atoms with van der Waals surface area (Å²) in [6, 6.07) is 9.08. The van der Waals surface area contributed by atoms with Gasteiger partial charge in [0.15, 0.2) is 5.82 Å². The van der Waals surface area contributed by atoms with Crippen molar-refractivity contribution >= 4 is 51.5 Å². The number of halogens is 3. The number of hydrogen-bond acceptors (Lipinski definition) is 4. The summed E-state index contributed by atoms with van der Waals surface area (Å²) in [6.07, 6.45) is 3.83. The third-order valence-electron chi connectivity index (χ3n) is 6.13. The molecule has 1 saturated carbocycles. The molecule has 2 aliphatic rings. The molecule has 1 aliphatic carbocycles. The number of piperidine rings is 1. The number of nitrogens with zero attached hydrogens (tertiary/aromatic N) is 3. The molecule has 2 fully saturated rings. The van der Waals surface area contributed by atoms with E-state index < -0.39 is 5.82 Å². The van der Waals surface area contributed by atoms with Crippen LogP contribution in [0.5, 0.6) is 0 Å². The lowest BCUT2D eigenvalue weighted by Gasteiger charge is -2.20. The fourth-order valence-corrected chi connectivity index (χ4v) is 4.75. The molecular weight excluding hydrogens is 426 g/mol. The number of benzene rings is 2. The van der Waals surface area contributed by atoms with Crippen molar-refractivity contribution < 1.29 is 9.18 Å². The second-order valence-corrected chi connectivity index (χ2v) is 8.57. The number of hydrogen-bond donors (Lipinski definition) is 1. The second kappa shape index (κ2) is 6.93. The van der Waals surface area contributed by atoms with Gasteiger partial charge in [-0.2, -0.15) is 0 Å². The molecule has 1 aromatic heterocycles. The zero-order valence-electron chi connectivity index (χ0n) is 15.8. The van der Waals surface area contributed by atoms with Crippen LogP contribution in [0.15, 0.2) is 49.3 Å². The van der Waals surface area contributed by atoms with E-state index in [1.165, 1.54) is 24.5 Å². The second-order valence-electron chi connectivity index (χ2n) is 7.78. The molecule has 2 aromatic carbocycles. The van der Waals surface area contributed by atoms with E-state index in [4.69, 9.17) is 23.2 Å². The van der Waals surface area contributed by atoms with E-state index >= 15 is 0 Å². The Kier molecular flexibility index (Phi) is 4.45. The Morgan fingerprint density at radius 1 is 1.30 bits per heavy atom. The molecule has 2 atom stereocenters. The highest BCUT2D eigenvalue weighted by molar-refractivity contribution is 6.42. The summed E-state index contributed by atoms with van der Waals surface area (Å²) in [7, 11) is 0. The van der Waals surface area contributed by atoms with Crippen molar-refractivity contribution in [3.8, 4) is 0 Å². The summed E-state index contributed by atoms with van der Waals surface area (Å²) in [5.41, 5.74) is 2.00. The van der Waals surface area contributed by atoms with Gasteiger partial charge in [0.05, 0.1) is 21.2 Å². The number of carbonyl (C=O) groups is 1. The fraction of sp³-hybridized carbons (Fsp3) is 0.227. The molecular formula is C22H17Cl2FN4O. The van der Waals surface area contributed by atoms with E-state index in [0.717, 1.165) is 29.4 Å². The highest BCUT2D eigenvalue weighted by Gasteiger charge is 2.61. The van der Waals surface area contributed by atoms with Crippen LogP contribution >= 0.6 is 23.2 Å². The number of fused-ring (bicyclic) bond motifs is 2. The molecule has 1 N–H and O–H groups in total. The monoisotopic (exact) mass is 442 g/mol. The van der Waals surface area contributed by atoms with Gasteiger partial charge in [0.1, 0.15) is 12.1 Å². The summed E-state index contributed by atoms with van der Waals surface area (Å²) in [6.45, 7) is 5.00. The number of carbonyl (C=O) groups excluding carboxylic acids is 1. The van der Waals surface area contributed by atoms with Gasteiger partial charge in [-0.25, -0.2) is 14.4 Å². The molecule has 3 aromatic rings. The predicted molar refractivity (Wildman–Crippen MR) is 116 cm³/mol. The average Bonchev–Trinajstić information content (AvgIpc) is 3.34. The molecule has 0 unspecified atom stereocenters. The van der Waals surface area contributed by atoms with Crippen molar-refractivity contribution in [1.29, 1.82) is 0 Å². The first-order valence-corrected chi connectivity index (χ1v) is 10.3. The molecule has 0 spiro atoms. The first-order valence-electron chi connectivity index (χ1n) is 9.50. The first kappa shape index (κ1) is 19.3. The Hall–Kier alpha value is -2.70. The van der Waals surface area contributed by atoms with Gasteiger partial charge in [-0.1, -0.05) is 35.8 Å². The molecule has 30 heavy (non-hydrogen) atoms. The van der Waals surface area contributed by atoms with Gasteiger partial charge in [-0.15, -0.1) is 0 Å². The molecule has 1 aliphatic heterocycles. The Balaban J connectivity index is 1.52. The van der Waals surface area contributed by atoms with Crippen LogP contribution in [0.1, 0.15) is 12.0 Å². The van der Waals surface area contributed by atoms with E-state index in [0.29, 0.717) is 18.3 Å². The zero-order valence-corrected chi connectivity index (χ0v) is 17.3. The van der Waals surface area contributed by atoms with Gasteiger partial charge in [0.25, 0.3) is 0 Å². The summed E-state index contributed by atoms with van der Waals surface area (Å²) >= 11 is 11.8. The third kappa shape index (κ3) is 2.94. The van der Waals surface area contributed by atoms with Gasteiger partial charge in [-0.3, -0.25) is 4.79 Å². The number of nitrogens with one attached hydrogen (secondary N) is 1. The molecule has 5 rings (SSSR count). The van der Waals surface area contributed by atoms with Crippen LogP contribution in [-0.2, 0) is 10.2 Å². The standard InChI is InChI=1S/C22H17Cl2FN4O/c1-2-18(30)29-9-13-8-22(13,10-29)12-3-5-16-14(7-12)21(27-11-26-16)28-17-6-4-15(23)19(24)20(17)25/h2-7,11,13H,1,8-10H2,(H,26,27,28)/t13-,22+/m1/s1. The quantitative estimate of drug-likeness (QED) is 0.450.